The fraction of sp³-hybridized carbons (Fsp3) is 0.412. The number of nitrogens with zero attached hydrogens (tertiary/aromatic N) is 2. The van der Waals surface area contributed by atoms with Crippen LogP contribution in [0.5, 0.6) is 11.5 Å². The first-order chi connectivity index (χ1) is 11.0. The summed E-state index contributed by atoms with van der Waals surface area (Å²) in [6.07, 6.45) is 1.80. The summed E-state index contributed by atoms with van der Waals surface area (Å²) in [5.41, 5.74) is 2.56. The lowest BCUT2D eigenvalue weighted by molar-refractivity contribution is 0.0939. The van der Waals surface area contributed by atoms with Crippen LogP contribution in [-0.2, 0) is 6.54 Å². The van der Waals surface area contributed by atoms with Gasteiger partial charge in [-0.15, -0.1) is 0 Å². The lowest BCUT2D eigenvalue weighted by Gasteiger charge is -2.15. The van der Waals surface area contributed by atoms with Crippen LogP contribution in [0.15, 0.2) is 24.4 Å². The van der Waals surface area contributed by atoms with Crippen molar-refractivity contribution in [3.8, 4) is 11.5 Å². The molecule has 0 bridgehead atoms. The molecule has 0 aliphatic carbocycles. The van der Waals surface area contributed by atoms with Crippen molar-refractivity contribution in [2.75, 3.05) is 14.2 Å². The molecular weight excluding hydrogens is 294 g/mol. The molecule has 0 aliphatic rings. The summed E-state index contributed by atoms with van der Waals surface area (Å²) >= 11 is 0. The molecule has 6 heteroatoms. The van der Waals surface area contributed by atoms with Gasteiger partial charge in [-0.3, -0.25) is 9.48 Å². The molecule has 1 amide bonds. The zero-order valence-electron chi connectivity index (χ0n) is 14.2. The molecule has 1 atom stereocenters. The van der Waals surface area contributed by atoms with Gasteiger partial charge in [-0.25, -0.2) is 0 Å². The molecule has 23 heavy (non-hydrogen) atoms. The van der Waals surface area contributed by atoms with Gasteiger partial charge in [0, 0.05) is 29.4 Å². The highest BCUT2D eigenvalue weighted by molar-refractivity contribution is 5.95. The molecule has 2 rings (SSSR count). The second-order valence-corrected chi connectivity index (χ2v) is 5.30. The van der Waals surface area contributed by atoms with Gasteiger partial charge in [0.15, 0.2) is 0 Å². The maximum atomic E-state index is 12.5. The molecule has 0 saturated heterocycles. The molecule has 0 fully saturated rings. The van der Waals surface area contributed by atoms with Crippen LogP contribution in [0.2, 0.25) is 0 Å². The molecule has 0 aliphatic heterocycles. The number of nitrogens with one attached hydrogen (secondary N) is 1. The fourth-order valence-corrected chi connectivity index (χ4v) is 2.50. The van der Waals surface area contributed by atoms with Crippen LogP contribution < -0.4 is 14.8 Å². The molecule has 0 saturated carbocycles. The van der Waals surface area contributed by atoms with E-state index in [1.165, 1.54) is 0 Å². The van der Waals surface area contributed by atoms with Gasteiger partial charge in [-0.2, -0.15) is 5.10 Å². The first kappa shape index (κ1) is 16.9. The van der Waals surface area contributed by atoms with Crippen molar-refractivity contribution in [2.24, 2.45) is 0 Å². The van der Waals surface area contributed by atoms with E-state index < -0.39 is 0 Å². The van der Waals surface area contributed by atoms with Crippen LogP contribution in [0.4, 0.5) is 0 Å². The van der Waals surface area contributed by atoms with Gasteiger partial charge in [0.25, 0.3) is 5.91 Å². The van der Waals surface area contributed by atoms with E-state index in [4.69, 9.17) is 9.47 Å². The second kappa shape index (κ2) is 7.17. The summed E-state index contributed by atoms with van der Waals surface area (Å²) in [4.78, 5) is 12.5. The van der Waals surface area contributed by atoms with Crippen molar-refractivity contribution < 1.29 is 14.3 Å². The van der Waals surface area contributed by atoms with Crippen molar-refractivity contribution in [3.05, 3.63) is 41.2 Å². The summed E-state index contributed by atoms with van der Waals surface area (Å²) < 4.78 is 12.3. The molecular formula is C17H23N3O3. The highest BCUT2D eigenvalue weighted by atomic mass is 16.5. The normalized spacial score (nSPS) is 11.9. The number of carbonyl (C=O) groups excluding carboxylic acids is 1. The number of aromatic nitrogens is 2. The predicted octanol–water partition coefficient (Wildman–Crippen LogP) is 2.72. The Labute approximate surface area is 136 Å². The van der Waals surface area contributed by atoms with Crippen LogP contribution in [0.3, 0.4) is 0 Å². The molecule has 1 aromatic carbocycles. The van der Waals surface area contributed by atoms with Gasteiger partial charge >= 0.3 is 0 Å². The molecule has 1 unspecified atom stereocenters. The standard InChI is InChI=1S/C17H23N3O3/c1-6-20-12(3)16(10-18-20)11(2)19-17(21)13-7-14(22-4)9-15(8-13)23-5/h7-11H,6H2,1-5H3,(H,19,21). The van der Waals surface area contributed by atoms with E-state index in [9.17, 15) is 4.79 Å². The van der Waals surface area contributed by atoms with E-state index in [1.54, 1.807) is 38.6 Å². The summed E-state index contributed by atoms with van der Waals surface area (Å²) in [6, 6.07) is 4.97. The third kappa shape index (κ3) is 3.64. The maximum Gasteiger partial charge on any atom is 0.252 e. The summed E-state index contributed by atoms with van der Waals surface area (Å²) in [5, 5.41) is 7.31. The Balaban J connectivity index is 2.19. The predicted molar refractivity (Wildman–Crippen MR) is 88.1 cm³/mol. The van der Waals surface area contributed by atoms with Crippen LogP contribution in [0.1, 0.15) is 41.5 Å². The number of carbonyl (C=O) groups is 1. The van der Waals surface area contributed by atoms with E-state index >= 15 is 0 Å². The van der Waals surface area contributed by atoms with E-state index in [2.05, 4.69) is 10.4 Å². The van der Waals surface area contributed by atoms with Crippen molar-refractivity contribution in [3.63, 3.8) is 0 Å². The minimum absolute atomic E-state index is 0.139. The zero-order valence-corrected chi connectivity index (χ0v) is 14.2. The minimum Gasteiger partial charge on any atom is -0.497 e. The molecule has 124 valence electrons. The van der Waals surface area contributed by atoms with Gasteiger partial charge in [-0.1, -0.05) is 0 Å². The number of hydrogen-bond acceptors (Lipinski definition) is 4. The molecule has 1 N–H and O–H groups in total. The first-order valence-corrected chi connectivity index (χ1v) is 7.56. The molecule has 6 nitrogen and oxygen atoms in total. The third-order valence-electron chi connectivity index (χ3n) is 3.87. The van der Waals surface area contributed by atoms with Crippen molar-refractivity contribution in [1.29, 1.82) is 0 Å². The van der Waals surface area contributed by atoms with Crippen molar-refractivity contribution in [1.82, 2.24) is 15.1 Å². The highest BCUT2D eigenvalue weighted by Gasteiger charge is 2.17. The maximum absolute atomic E-state index is 12.5. The second-order valence-electron chi connectivity index (χ2n) is 5.30. The molecule has 0 radical (unpaired) electrons. The Morgan fingerprint density at radius 3 is 2.35 bits per heavy atom. The zero-order chi connectivity index (χ0) is 17.0. The van der Waals surface area contributed by atoms with Crippen molar-refractivity contribution in [2.45, 2.75) is 33.4 Å². The lowest BCUT2D eigenvalue weighted by atomic mass is 10.1. The number of aryl methyl sites for hydroxylation is 1. The first-order valence-electron chi connectivity index (χ1n) is 7.56. The summed E-state index contributed by atoms with van der Waals surface area (Å²) in [7, 11) is 3.11. The van der Waals surface area contributed by atoms with E-state index in [0.29, 0.717) is 17.1 Å². The Kier molecular flexibility index (Phi) is 5.26. The van der Waals surface area contributed by atoms with Gasteiger partial charge < -0.3 is 14.8 Å². The average molecular weight is 317 g/mol. The molecule has 1 heterocycles. The monoisotopic (exact) mass is 317 g/mol. The van der Waals surface area contributed by atoms with E-state index in [0.717, 1.165) is 17.8 Å². The number of benzene rings is 1. The van der Waals surface area contributed by atoms with Gasteiger partial charge in [0.2, 0.25) is 0 Å². The minimum atomic E-state index is -0.182. The lowest BCUT2D eigenvalue weighted by Crippen LogP contribution is -2.27. The van der Waals surface area contributed by atoms with Gasteiger partial charge in [-0.05, 0) is 32.9 Å². The molecule has 1 aromatic heterocycles. The summed E-state index contributed by atoms with van der Waals surface area (Å²) in [6.45, 7) is 6.79. The number of hydrogen-bond donors (Lipinski definition) is 1. The number of rotatable bonds is 6. The number of methoxy groups -OCH3 is 2. The van der Waals surface area contributed by atoms with E-state index in [-0.39, 0.29) is 11.9 Å². The average Bonchev–Trinajstić information content (AvgIpc) is 2.94. The quantitative estimate of drug-likeness (QED) is 0.889. The Morgan fingerprint density at radius 2 is 1.87 bits per heavy atom. The Bertz CT molecular complexity index is 672. The fourth-order valence-electron chi connectivity index (χ4n) is 2.50. The van der Waals surface area contributed by atoms with Crippen LogP contribution in [0, 0.1) is 6.92 Å². The topological polar surface area (TPSA) is 65.4 Å². The van der Waals surface area contributed by atoms with Gasteiger partial charge in [0.05, 0.1) is 26.5 Å². The van der Waals surface area contributed by atoms with Crippen LogP contribution in [-0.4, -0.2) is 29.9 Å². The summed E-state index contributed by atoms with van der Waals surface area (Å²) in [5.74, 6) is 0.979. The van der Waals surface area contributed by atoms with E-state index in [1.807, 2.05) is 25.5 Å². The van der Waals surface area contributed by atoms with Gasteiger partial charge in [0.1, 0.15) is 11.5 Å². The SMILES string of the molecule is CCn1ncc(C(C)NC(=O)c2cc(OC)cc(OC)c2)c1C. The largest absolute Gasteiger partial charge is 0.497 e. The Hall–Kier alpha value is -2.50. The van der Waals surface area contributed by atoms with Crippen LogP contribution >= 0.6 is 0 Å². The smallest absolute Gasteiger partial charge is 0.252 e. The Morgan fingerprint density at radius 1 is 1.26 bits per heavy atom. The molecule has 2 aromatic rings. The van der Waals surface area contributed by atoms with Crippen LogP contribution in [0.25, 0.3) is 0 Å². The number of amides is 1. The highest BCUT2D eigenvalue weighted by Crippen LogP contribution is 2.23. The number of ether oxygens (including phenoxy) is 2. The third-order valence-corrected chi connectivity index (χ3v) is 3.87. The van der Waals surface area contributed by atoms with Crippen molar-refractivity contribution >= 4 is 5.91 Å². The molecule has 0 spiro atoms.